The van der Waals surface area contributed by atoms with E-state index in [1.807, 2.05) is 36.5 Å². The van der Waals surface area contributed by atoms with Gasteiger partial charge in [0.1, 0.15) is 0 Å². The molecule has 0 aliphatic rings. The number of aromatic nitrogens is 1. The molecule has 120 valence electrons. The minimum atomic E-state index is -0.341. The number of hydrazone groups is 1. The van der Waals surface area contributed by atoms with Gasteiger partial charge in [-0.05, 0) is 18.2 Å². The van der Waals surface area contributed by atoms with Gasteiger partial charge < -0.3 is 4.57 Å². The fourth-order valence-corrected chi connectivity index (χ4v) is 2.76. The van der Waals surface area contributed by atoms with Crippen molar-refractivity contribution in [1.29, 1.82) is 0 Å². The van der Waals surface area contributed by atoms with Crippen LogP contribution in [0.15, 0.2) is 72.5 Å². The van der Waals surface area contributed by atoms with Crippen LogP contribution in [0.2, 0.25) is 5.02 Å². The lowest BCUT2D eigenvalue weighted by Gasteiger charge is -2.01. The summed E-state index contributed by atoms with van der Waals surface area (Å²) in [7, 11) is 0. The molecule has 1 N–H and O–H groups in total. The number of para-hydroxylation sites is 1. The molecule has 0 bridgehead atoms. The molecule has 4 nitrogen and oxygen atoms in total. The van der Waals surface area contributed by atoms with Gasteiger partial charge in [-0.3, -0.25) is 4.79 Å². The second-order valence-electron chi connectivity index (χ2n) is 5.22. The van der Waals surface area contributed by atoms with E-state index in [1.165, 1.54) is 0 Å². The van der Waals surface area contributed by atoms with Crippen LogP contribution >= 0.6 is 11.6 Å². The van der Waals surface area contributed by atoms with E-state index in [0.717, 1.165) is 16.5 Å². The summed E-state index contributed by atoms with van der Waals surface area (Å²) in [5, 5.41) is 5.52. The molecule has 5 heteroatoms. The number of nitrogens with zero attached hydrogens (tertiary/aromatic N) is 2. The third kappa shape index (κ3) is 3.24. The first-order valence-electron chi connectivity index (χ1n) is 7.47. The van der Waals surface area contributed by atoms with E-state index in [9.17, 15) is 4.79 Å². The molecule has 3 rings (SSSR count). The number of carbonyl (C=O) groups is 1. The maximum Gasteiger partial charge on any atom is 0.272 e. The number of rotatable bonds is 5. The molecule has 0 aliphatic carbocycles. The maximum absolute atomic E-state index is 12.1. The van der Waals surface area contributed by atoms with Crippen LogP contribution in [0.4, 0.5) is 0 Å². The van der Waals surface area contributed by atoms with Gasteiger partial charge in [-0.1, -0.05) is 48.0 Å². The summed E-state index contributed by atoms with van der Waals surface area (Å²) >= 11 is 6.01. The molecule has 0 radical (unpaired) electrons. The first-order valence-corrected chi connectivity index (χ1v) is 7.85. The van der Waals surface area contributed by atoms with Gasteiger partial charge in [0, 0.05) is 29.2 Å². The van der Waals surface area contributed by atoms with Crippen molar-refractivity contribution in [1.82, 2.24) is 9.99 Å². The second-order valence-corrected chi connectivity index (χ2v) is 5.63. The van der Waals surface area contributed by atoms with Crippen LogP contribution in [0.25, 0.3) is 10.9 Å². The second kappa shape index (κ2) is 7.15. The van der Waals surface area contributed by atoms with Crippen molar-refractivity contribution in [2.45, 2.75) is 6.54 Å². The molecule has 24 heavy (non-hydrogen) atoms. The van der Waals surface area contributed by atoms with Crippen molar-refractivity contribution in [2.24, 2.45) is 5.10 Å². The van der Waals surface area contributed by atoms with Crippen LogP contribution in [0.1, 0.15) is 15.9 Å². The molecular weight excluding hydrogens is 322 g/mol. The van der Waals surface area contributed by atoms with E-state index < -0.39 is 0 Å². The predicted molar refractivity (Wildman–Crippen MR) is 98.6 cm³/mol. The van der Waals surface area contributed by atoms with E-state index in [4.69, 9.17) is 11.6 Å². The summed E-state index contributed by atoms with van der Waals surface area (Å²) < 4.78 is 2.08. The number of carbonyl (C=O) groups excluding carboxylic acids is 1. The minimum Gasteiger partial charge on any atom is -0.343 e. The molecule has 0 atom stereocenters. The van der Waals surface area contributed by atoms with Gasteiger partial charge >= 0.3 is 0 Å². The molecule has 3 aromatic rings. The third-order valence-electron chi connectivity index (χ3n) is 3.63. The Labute approximate surface area is 145 Å². The van der Waals surface area contributed by atoms with E-state index in [1.54, 1.807) is 30.5 Å². The Morgan fingerprint density at radius 3 is 2.75 bits per heavy atom. The quantitative estimate of drug-likeness (QED) is 0.422. The lowest BCUT2D eigenvalue weighted by atomic mass is 10.2. The van der Waals surface area contributed by atoms with E-state index in [0.29, 0.717) is 17.1 Å². The first-order chi connectivity index (χ1) is 11.7. The van der Waals surface area contributed by atoms with Gasteiger partial charge in [0.2, 0.25) is 0 Å². The van der Waals surface area contributed by atoms with Gasteiger partial charge in [-0.2, -0.15) is 5.10 Å². The topological polar surface area (TPSA) is 46.4 Å². The number of allylic oxidation sites excluding steroid dienone is 1. The Morgan fingerprint density at radius 2 is 1.96 bits per heavy atom. The summed E-state index contributed by atoms with van der Waals surface area (Å²) in [6.45, 7) is 4.48. The molecular formula is C19H16ClN3O. The Hall–Kier alpha value is -2.85. The normalized spacial score (nSPS) is 11.0. The Bertz CT molecular complexity index is 927. The van der Waals surface area contributed by atoms with Gasteiger partial charge in [-0.15, -0.1) is 6.58 Å². The zero-order chi connectivity index (χ0) is 16.9. The van der Waals surface area contributed by atoms with Crippen molar-refractivity contribution < 1.29 is 4.79 Å². The zero-order valence-electron chi connectivity index (χ0n) is 12.9. The smallest absolute Gasteiger partial charge is 0.272 e. The van der Waals surface area contributed by atoms with E-state index in [2.05, 4.69) is 21.7 Å². The third-order valence-corrected chi connectivity index (χ3v) is 3.96. The number of nitrogens with one attached hydrogen (secondary N) is 1. The van der Waals surface area contributed by atoms with Gasteiger partial charge in [0.25, 0.3) is 5.91 Å². The van der Waals surface area contributed by atoms with Gasteiger partial charge in [-0.25, -0.2) is 5.43 Å². The fraction of sp³-hybridized carbons (Fsp3) is 0.0526. The monoisotopic (exact) mass is 337 g/mol. The molecule has 0 saturated carbocycles. The standard InChI is InChI=1S/C19H16ClN3O/c1-2-11-23-13-14(15-7-4-6-10-18(15)23)12-21-22-19(24)16-8-3-5-9-17(16)20/h2-10,12-13H,1,11H2,(H,22,24)/b21-12-. The number of halogens is 1. The van der Waals surface area contributed by atoms with Crippen LogP contribution in [0, 0.1) is 0 Å². The minimum absolute atomic E-state index is 0.341. The Morgan fingerprint density at radius 1 is 1.21 bits per heavy atom. The lowest BCUT2D eigenvalue weighted by Crippen LogP contribution is -2.17. The van der Waals surface area contributed by atoms with Crippen molar-refractivity contribution >= 4 is 34.6 Å². The average Bonchev–Trinajstić information content (AvgIpc) is 2.94. The molecule has 0 spiro atoms. The van der Waals surface area contributed by atoms with Crippen molar-refractivity contribution in [3.05, 3.63) is 83.5 Å². The Balaban J connectivity index is 1.82. The molecule has 0 aliphatic heterocycles. The molecule has 1 amide bonds. The summed E-state index contributed by atoms with van der Waals surface area (Å²) in [5.74, 6) is -0.341. The first kappa shape index (κ1) is 16.0. The summed E-state index contributed by atoms with van der Waals surface area (Å²) in [4.78, 5) is 12.1. The van der Waals surface area contributed by atoms with E-state index >= 15 is 0 Å². The van der Waals surface area contributed by atoms with Crippen LogP contribution in [-0.2, 0) is 6.54 Å². The van der Waals surface area contributed by atoms with Gasteiger partial charge in [0.15, 0.2) is 0 Å². The lowest BCUT2D eigenvalue weighted by molar-refractivity contribution is 0.0955. The van der Waals surface area contributed by atoms with Crippen molar-refractivity contribution in [3.8, 4) is 0 Å². The molecule has 2 aromatic carbocycles. The van der Waals surface area contributed by atoms with Crippen LogP contribution in [-0.4, -0.2) is 16.7 Å². The highest BCUT2D eigenvalue weighted by Crippen LogP contribution is 2.20. The number of benzene rings is 2. The Kier molecular flexibility index (Phi) is 4.77. The van der Waals surface area contributed by atoms with Crippen LogP contribution < -0.4 is 5.43 Å². The summed E-state index contributed by atoms with van der Waals surface area (Å²) in [5.41, 5.74) is 4.92. The van der Waals surface area contributed by atoms with Gasteiger partial charge in [0.05, 0.1) is 16.8 Å². The molecule has 0 unspecified atom stereocenters. The molecule has 1 heterocycles. The van der Waals surface area contributed by atoms with Crippen molar-refractivity contribution in [3.63, 3.8) is 0 Å². The zero-order valence-corrected chi connectivity index (χ0v) is 13.7. The SMILES string of the molecule is C=CCn1cc(/C=N\NC(=O)c2ccccc2Cl)c2ccccc21. The van der Waals surface area contributed by atoms with Crippen molar-refractivity contribution in [2.75, 3.05) is 0 Å². The predicted octanol–water partition coefficient (Wildman–Crippen LogP) is 4.24. The van der Waals surface area contributed by atoms with Crippen LogP contribution in [0.3, 0.4) is 0 Å². The highest BCUT2D eigenvalue weighted by molar-refractivity contribution is 6.33. The number of fused-ring (bicyclic) bond motifs is 1. The van der Waals surface area contributed by atoms with Crippen LogP contribution in [0.5, 0.6) is 0 Å². The molecule has 1 aromatic heterocycles. The molecule has 0 saturated heterocycles. The summed E-state index contributed by atoms with van der Waals surface area (Å²) in [6, 6.07) is 14.9. The highest BCUT2D eigenvalue weighted by atomic mass is 35.5. The number of hydrogen-bond acceptors (Lipinski definition) is 2. The maximum atomic E-state index is 12.1. The molecule has 0 fully saturated rings. The largest absolute Gasteiger partial charge is 0.343 e. The number of hydrogen-bond donors (Lipinski definition) is 1. The fourth-order valence-electron chi connectivity index (χ4n) is 2.53. The highest BCUT2D eigenvalue weighted by Gasteiger charge is 2.09. The average molecular weight is 338 g/mol. The van der Waals surface area contributed by atoms with E-state index in [-0.39, 0.29) is 5.91 Å². The number of amides is 1. The summed E-state index contributed by atoms with van der Waals surface area (Å²) in [6.07, 6.45) is 5.46.